The van der Waals surface area contributed by atoms with Crippen molar-refractivity contribution in [3.05, 3.63) is 0 Å². The minimum atomic E-state index is -0.554. The molecule has 0 aliphatic heterocycles. The Labute approximate surface area is 86.7 Å². The number of halogens is 2. The van der Waals surface area contributed by atoms with Gasteiger partial charge in [0.1, 0.15) is 29.2 Å². The fourth-order valence-corrected chi connectivity index (χ4v) is 3.66. The van der Waals surface area contributed by atoms with Crippen LogP contribution in [0.2, 0.25) is 0 Å². The van der Waals surface area contributed by atoms with Gasteiger partial charge in [0.05, 0.1) is 6.61 Å². The second kappa shape index (κ2) is 3.40. The fourth-order valence-electron chi connectivity index (χ4n) is 3.04. The lowest BCUT2D eigenvalue weighted by Crippen LogP contribution is -2.24. The van der Waals surface area contributed by atoms with Gasteiger partial charge in [0.2, 0.25) is 0 Å². The highest BCUT2D eigenvalue weighted by atomic mass is 127. The highest BCUT2D eigenvalue weighted by Crippen LogP contribution is 2.55. The molecule has 1 nitrogen and oxygen atoms in total. The molecule has 2 saturated carbocycles. The number of hydrogen-bond donors (Lipinski definition) is 0. The van der Waals surface area contributed by atoms with Gasteiger partial charge in [0, 0.05) is 5.41 Å². The summed E-state index contributed by atoms with van der Waals surface area (Å²) in [6.07, 6.45) is 4.67. The molecule has 3 heteroatoms. The second-order valence-corrected chi connectivity index (χ2v) is 4.86. The van der Waals surface area contributed by atoms with Crippen LogP contribution >= 0.6 is 23.0 Å². The lowest BCUT2D eigenvalue weighted by molar-refractivity contribution is 0.149. The highest BCUT2D eigenvalue weighted by molar-refractivity contribution is 14.1. The first-order valence-electron chi connectivity index (χ1n) is 4.64. The molecule has 0 radical (unpaired) electrons. The van der Waals surface area contributed by atoms with E-state index in [1.807, 2.05) is 23.0 Å². The van der Waals surface area contributed by atoms with Gasteiger partial charge in [-0.1, -0.05) is 6.42 Å². The van der Waals surface area contributed by atoms with Crippen LogP contribution < -0.4 is 0 Å². The van der Waals surface area contributed by atoms with E-state index in [2.05, 4.69) is 0 Å². The van der Waals surface area contributed by atoms with Crippen molar-refractivity contribution in [1.82, 2.24) is 0 Å². The molecule has 0 aromatic heterocycles. The maximum atomic E-state index is 13.2. The minimum Gasteiger partial charge on any atom is -0.315 e. The quantitative estimate of drug-likeness (QED) is 0.707. The number of hydrogen-bond acceptors (Lipinski definition) is 1. The van der Waals surface area contributed by atoms with Gasteiger partial charge in [-0.15, -0.1) is 0 Å². The van der Waals surface area contributed by atoms with Crippen molar-refractivity contribution < 1.29 is 7.46 Å². The lowest BCUT2D eigenvalue weighted by atomic mass is 9.81. The lowest BCUT2D eigenvalue weighted by Gasteiger charge is -2.27. The van der Waals surface area contributed by atoms with Gasteiger partial charge in [-0.05, 0) is 31.6 Å². The minimum absolute atomic E-state index is 0.223. The van der Waals surface area contributed by atoms with Crippen molar-refractivity contribution >= 4 is 23.0 Å². The molecule has 2 rings (SSSR count). The normalized spacial score (nSPS) is 46.5. The van der Waals surface area contributed by atoms with Gasteiger partial charge in [-0.2, -0.15) is 0 Å². The zero-order chi connectivity index (χ0) is 8.60. The van der Waals surface area contributed by atoms with Crippen LogP contribution in [0, 0.1) is 11.3 Å². The molecule has 2 fully saturated rings. The third kappa shape index (κ3) is 1.39. The molecule has 2 aliphatic carbocycles. The van der Waals surface area contributed by atoms with Crippen LogP contribution in [0.3, 0.4) is 0 Å². The van der Waals surface area contributed by atoms with E-state index in [-0.39, 0.29) is 5.41 Å². The number of alkyl halides is 1. The Morgan fingerprint density at radius 2 is 2.42 bits per heavy atom. The third-order valence-electron chi connectivity index (χ3n) is 3.60. The Morgan fingerprint density at radius 1 is 1.58 bits per heavy atom. The van der Waals surface area contributed by atoms with Crippen LogP contribution in [0.1, 0.15) is 32.1 Å². The molecule has 0 aromatic rings. The predicted molar refractivity (Wildman–Crippen MR) is 53.9 cm³/mol. The highest BCUT2D eigenvalue weighted by Gasteiger charge is 2.50. The summed E-state index contributed by atoms with van der Waals surface area (Å²) in [5, 5.41) is 0. The summed E-state index contributed by atoms with van der Waals surface area (Å²) in [5.74, 6) is 0.613. The molecule has 0 amide bonds. The van der Waals surface area contributed by atoms with Gasteiger partial charge in [0.25, 0.3) is 0 Å². The van der Waals surface area contributed by atoms with Crippen molar-refractivity contribution in [2.75, 3.05) is 6.61 Å². The molecule has 12 heavy (non-hydrogen) atoms. The first kappa shape index (κ1) is 9.19. The average Bonchev–Trinajstić information content (AvgIpc) is 2.44. The molecule has 3 atom stereocenters. The Hall–Kier alpha value is 0.620. The maximum absolute atomic E-state index is 13.2. The van der Waals surface area contributed by atoms with E-state index in [4.69, 9.17) is 3.07 Å². The molecule has 0 heterocycles. The van der Waals surface area contributed by atoms with E-state index < -0.39 is 6.17 Å². The SMILES string of the molecule is F[C@H]1CC2CCC[C@@]2(COI)C1. The van der Waals surface area contributed by atoms with Crippen molar-refractivity contribution in [2.45, 2.75) is 38.3 Å². The van der Waals surface area contributed by atoms with Crippen molar-refractivity contribution in [1.29, 1.82) is 0 Å². The first-order chi connectivity index (χ1) is 5.77. The smallest absolute Gasteiger partial charge is 0.109 e. The predicted octanol–water partition coefficient (Wildman–Crippen LogP) is 3.27. The van der Waals surface area contributed by atoms with Crippen LogP contribution in [0.5, 0.6) is 0 Å². The zero-order valence-corrected chi connectivity index (χ0v) is 9.22. The summed E-state index contributed by atoms with van der Waals surface area (Å²) in [7, 11) is 0. The van der Waals surface area contributed by atoms with Gasteiger partial charge in [-0.3, -0.25) is 0 Å². The van der Waals surface area contributed by atoms with Crippen LogP contribution in [-0.2, 0) is 3.07 Å². The largest absolute Gasteiger partial charge is 0.315 e. The maximum Gasteiger partial charge on any atom is 0.109 e. The third-order valence-corrected chi connectivity index (χ3v) is 3.91. The molecule has 0 aromatic carbocycles. The van der Waals surface area contributed by atoms with Gasteiger partial charge >= 0.3 is 0 Å². The summed E-state index contributed by atoms with van der Waals surface area (Å²) in [6, 6.07) is 0. The van der Waals surface area contributed by atoms with Crippen LogP contribution in [0.25, 0.3) is 0 Å². The van der Waals surface area contributed by atoms with Crippen molar-refractivity contribution in [3.8, 4) is 0 Å². The van der Waals surface area contributed by atoms with Gasteiger partial charge in [0.15, 0.2) is 0 Å². The van der Waals surface area contributed by atoms with Gasteiger partial charge < -0.3 is 3.07 Å². The molecule has 70 valence electrons. The first-order valence-corrected chi connectivity index (χ1v) is 5.52. The average molecular weight is 284 g/mol. The number of rotatable bonds is 2. The van der Waals surface area contributed by atoms with Crippen molar-refractivity contribution in [2.24, 2.45) is 11.3 Å². The summed E-state index contributed by atoms with van der Waals surface area (Å²) < 4.78 is 18.3. The Morgan fingerprint density at radius 3 is 3.17 bits per heavy atom. The van der Waals surface area contributed by atoms with Crippen LogP contribution in [0.15, 0.2) is 0 Å². The van der Waals surface area contributed by atoms with E-state index >= 15 is 0 Å². The summed E-state index contributed by atoms with van der Waals surface area (Å²) >= 11 is 1.93. The van der Waals surface area contributed by atoms with Crippen LogP contribution in [-0.4, -0.2) is 12.8 Å². The van der Waals surface area contributed by atoms with E-state index in [0.29, 0.717) is 5.92 Å². The molecule has 0 spiro atoms. The van der Waals surface area contributed by atoms with Crippen molar-refractivity contribution in [3.63, 3.8) is 0 Å². The summed E-state index contributed by atoms with van der Waals surface area (Å²) in [5.41, 5.74) is 0.223. The molecule has 0 bridgehead atoms. The number of fused-ring (bicyclic) bond motifs is 1. The Balaban J connectivity index is 2.09. The topological polar surface area (TPSA) is 9.23 Å². The Kier molecular flexibility index (Phi) is 2.61. The standard InChI is InChI=1S/C9H14FIO/c10-8-4-7-2-1-3-9(7,5-8)6-12-11/h7-8H,1-6H2/t7?,8-,9-/m0/s1. The Bertz CT molecular complexity index is 176. The second-order valence-electron chi connectivity index (χ2n) is 4.24. The summed E-state index contributed by atoms with van der Waals surface area (Å²) in [6.45, 7) is 0.763. The fraction of sp³-hybridized carbons (Fsp3) is 1.00. The van der Waals surface area contributed by atoms with E-state index in [0.717, 1.165) is 19.4 Å². The van der Waals surface area contributed by atoms with Gasteiger partial charge in [-0.25, -0.2) is 4.39 Å². The molecule has 2 aliphatic rings. The molecule has 0 saturated heterocycles. The zero-order valence-electron chi connectivity index (χ0n) is 7.06. The molecular formula is C9H14FIO. The molecular weight excluding hydrogens is 270 g/mol. The van der Waals surface area contributed by atoms with Crippen LogP contribution in [0.4, 0.5) is 4.39 Å². The monoisotopic (exact) mass is 284 g/mol. The molecule has 1 unspecified atom stereocenters. The molecule has 0 N–H and O–H groups in total. The summed E-state index contributed by atoms with van der Waals surface area (Å²) in [4.78, 5) is 0. The van der Waals surface area contributed by atoms with E-state index in [1.54, 1.807) is 0 Å². The van der Waals surface area contributed by atoms with E-state index in [9.17, 15) is 4.39 Å². The van der Waals surface area contributed by atoms with E-state index in [1.165, 1.54) is 19.3 Å².